The highest BCUT2D eigenvalue weighted by Crippen LogP contribution is 2.27. The second-order valence-corrected chi connectivity index (χ2v) is 5.73. The molecule has 0 saturated carbocycles. The van der Waals surface area contributed by atoms with Gasteiger partial charge in [-0.3, -0.25) is 0 Å². The second-order valence-electron chi connectivity index (χ2n) is 4.16. The molecule has 0 bridgehead atoms. The van der Waals surface area contributed by atoms with Crippen LogP contribution in [-0.2, 0) is 12.8 Å². The Morgan fingerprint density at radius 3 is 2.44 bits per heavy atom. The zero-order chi connectivity index (χ0) is 13.7. The molecule has 0 spiro atoms. The van der Waals surface area contributed by atoms with Crippen molar-refractivity contribution in [2.24, 2.45) is 10.9 Å². The Labute approximate surface area is 112 Å². The number of amidine groups is 1. The smallest absolute Gasteiger partial charge is 0.173 e. The third-order valence-corrected chi connectivity index (χ3v) is 3.51. The van der Waals surface area contributed by atoms with E-state index in [1.807, 2.05) is 13.8 Å². The summed E-state index contributed by atoms with van der Waals surface area (Å²) >= 11 is 1.57. The van der Waals surface area contributed by atoms with E-state index in [-0.39, 0.29) is 5.84 Å². The van der Waals surface area contributed by atoms with Crippen LogP contribution in [-0.4, -0.2) is 26.5 Å². The molecule has 1 aromatic rings. The number of aryl methyl sites for hydroxylation is 1. The molecule has 0 aliphatic heterocycles. The van der Waals surface area contributed by atoms with E-state index in [4.69, 9.17) is 10.9 Å². The molecule has 1 rings (SSSR count). The summed E-state index contributed by atoms with van der Waals surface area (Å²) in [5.41, 5.74) is 8.45. The minimum atomic E-state index is 0.111. The first-order valence-electron chi connectivity index (χ1n) is 6.08. The van der Waals surface area contributed by atoms with Gasteiger partial charge in [0.1, 0.15) is 5.03 Å². The van der Waals surface area contributed by atoms with E-state index in [2.05, 4.69) is 29.2 Å². The summed E-state index contributed by atoms with van der Waals surface area (Å²) in [7, 11) is 0. The quantitative estimate of drug-likeness (QED) is 0.281. The van der Waals surface area contributed by atoms with Crippen molar-refractivity contribution >= 4 is 17.6 Å². The molecular weight excluding hydrogens is 248 g/mol. The Balaban J connectivity index is 3.44. The van der Waals surface area contributed by atoms with Crippen LogP contribution in [0.25, 0.3) is 0 Å². The van der Waals surface area contributed by atoms with Crippen LogP contribution in [0.15, 0.2) is 10.2 Å². The molecule has 0 aliphatic carbocycles. The predicted molar refractivity (Wildman–Crippen MR) is 74.3 cm³/mol. The van der Waals surface area contributed by atoms with Crippen molar-refractivity contribution in [2.75, 3.05) is 0 Å². The lowest BCUT2D eigenvalue weighted by Crippen LogP contribution is -2.20. The topological polar surface area (TPSA) is 84.4 Å². The Hall–Kier alpha value is -1.30. The van der Waals surface area contributed by atoms with Crippen molar-refractivity contribution in [3.8, 4) is 0 Å². The van der Waals surface area contributed by atoms with Gasteiger partial charge in [-0.15, -0.1) is 16.9 Å². The van der Waals surface area contributed by atoms with E-state index >= 15 is 0 Å². The van der Waals surface area contributed by atoms with Gasteiger partial charge >= 0.3 is 0 Å². The van der Waals surface area contributed by atoms with Crippen LogP contribution in [0.5, 0.6) is 0 Å². The van der Waals surface area contributed by atoms with Gasteiger partial charge in [-0.05, 0) is 18.4 Å². The Morgan fingerprint density at radius 2 is 2.00 bits per heavy atom. The average molecular weight is 268 g/mol. The van der Waals surface area contributed by atoms with Crippen molar-refractivity contribution in [3.05, 3.63) is 16.8 Å². The standard InChI is InChI=1S/C12H20N4OS/c1-5-8-9(6-2)14-15-12(18-7(3)4)10(8)11(13)16-17/h7,17H,5-6H2,1-4H3,(H2,13,16). The third-order valence-electron chi connectivity index (χ3n) is 2.53. The van der Waals surface area contributed by atoms with E-state index in [1.165, 1.54) is 0 Å². The molecule has 0 unspecified atom stereocenters. The lowest BCUT2D eigenvalue weighted by molar-refractivity contribution is 0.318. The van der Waals surface area contributed by atoms with E-state index < -0.39 is 0 Å². The summed E-state index contributed by atoms with van der Waals surface area (Å²) in [5.74, 6) is 0.111. The van der Waals surface area contributed by atoms with Gasteiger partial charge in [0.25, 0.3) is 0 Å². The van der Waals surface area contributed by atoms with Gasteiger partial charge < -0.3 is 10.9 Å². The summed E-state index contributed by atoms with van der Waals surface area (Å²) in [4.78, 5) is 0. The molecule has 5 nitrogen and oxygen atoms in total. The third kappa shape index (κ3) is 3.13. The number of nitrogens with two attached hydrogens (primary N) is 1. The Kier molecular flexibility index (Phi) is 5.40. The number of hydrogen-bond acceptors (Lipinski definition) is 5. The van der Waals surface area contributed by atoms with Crippen LogP contribution in [0.2, 0.25) is 0 Å². The molecule has 100 valence electrons. The van der Waals surface area contributed by atoms with Gasteiger partial charge in [0.15, 0.2) is 5.84 Å². The maximum atomic E-state index is 8.94. The summed E-state index contributed by atoms with van der Waals surface area (Å²) in [5, 5.41) is 21.6. The van der Waals surface area contributed by atoms with Gasteiger partial charge in [-0.25, -0.2) is 0 Å². The van der Waals surface area contributed by atoms with Crippen LogP contribution in [0.1, 0.15) is 44.5 Å². The number of nitrogens with zero attached hydrogens (tertiary/aromatic N) is 3. The number of oxime groups is 1. The fourth-order valence-electron chi connectivity index (χ4n) is 1.77. The van der Waals surface area contributed by atoms with Crippen molar-refractivity contribution in [1.82, 2.24) is 10.2 Å². The Morgan fingerprint density at radius 1 is 1.33 bits per heavy atom. The number of aromatic nitrogens is 2. The van der Waals surface area contributed by atoms with Gasteiger partial charge in [0.05, 0.1) is 11.3 Å². The molecule has 0 amide bonds. The maximum Gasteiger partial charge on any atom is 0.173 e. The molecule has 0 aliphatic rings. The van der Waals surface area contributed by atoms with Crippen molar-refractivity contribution < 1.29 is 5.21 Å². The molecule has 3 N–H and O–H groups in total. The van der Waals surface area contributed by atoms with E-state index in [0.717, 1.165) is 34.7 Å². The maximum absolute atomic E-state index is 8.94. The fraction of sp³-hybridized carbons (Fsp3) is 0.583. The minimum absolute atomic E-state index is 0.111. The normalized spacial score (nSPS) is 12.2. The second kappa shape index (κ2) is 6.58. The highest BCUT2D eigenvalue weighted by Gasteiger charge is 2.19. The first-order valence-corrected chi connectivity index (χ1v) is 6.95. The van der Waals surface area contributed by atoms with Crippen LogP contribution >= 0.6 is 11.8 Å². The zero-order valence-corrected chi connectivity index (χ0v) is 12.1. The van der Waals surface area contributed by atoms with Crippen LogP contribution < -0.4 is 5.73 Å². The molecule has 0 fully saturated rings. The number of thioether (sulfide) groups is 1. The van der Waals surface area contributed by atoms with Crippen LogP contribution in [0.4, 0.5) is 0 Å². The lowest BCUT2D eigenvalue weighted by Gasteiger charge is -2.14. The zero-order valence-electron chi connectivity index (χ0n) is 11.3. The van der Waals surface area contributed by atoms with Gasteiger partial charge in [0, 0.05) is 5.25 Å². The molecule has 1 aromatic heterocycles. The average Bonchev–Trinajstić information content (AvgIpc) is 2.36. The first kappa shape index (κ1) is 14.8. The Bertz CT molecular complexity index is 446. The van der Waals surface area contributed by atoms with Crippen LogP contribution in [0.3, 0.4) is 0 Å². The van der Waals surface area contributed by atoms with Crippen molar-refractivity contribution in [2.45, 2.75) is 50.8 Å². The first-order chi connectivity index (χ1) is 8.54. The van der Waals surface area contributed by atoms with Crippen molar-refractivity contribution in [3.63, 3.8) is 0 Å². The number of rotatable bonds is 5. The monoisotopic (exact) mass is 268 g/mol. The summed E-state index contributed by atoms with van der Waals surface area (Å²) < 4.78 is 0. The molecule has 0 saturated heterocycles. The van der Waals surface area contributed by atoms with Gasteiger partial charge in [-0.2, -0.15) is 5.10 Å². The summed E-state index contributed by atoms with van der Waals surface area (Å²) in [6.45, 7) is 8.20. The molecule has 1 heterocycles. The lowest BCUT2D eigenvalue weighted by atomic mass is 10.0. The number of hydrogen-bond donors (Lipinski definition) is 2. The van der Waals surface area contributed by atoms with Gasteiger partial charge in [0.2, 0.25) is 0 Å². The van der Waals surface area contributed by atoms with Crippen LogP contribution in [0, 0.1) is 0 Å². The van der Waals surface area contributed by atoms with E-state index in [9.17, 15) is 0 Å². The molecule has 0 aromatic carbocycles. The molecule has 0 radical (unpaired) electrons. The van der Waals surface area contributed by atoms with Crippen molar-refractivity contribution in [1.29, 1.82) is 0 Å². The van der Waals surface area contributed by atoms with E-state index in [0.29, 0.717) is 5.25 Å². The fourth-order valence-corrected chi connectivity index (χ4v) is 2.65. The highest BCUT2D eigenvalue weighted by atomic mass is 32.2. The largest absolute Gasteiger partial charge is 0.409 e. The SMILES string of the molecule is CCc1nnc(SC(C)C)c(C(N)=NO)c1CC. The highest BCUT2D eigenvalue weighted by molar-refractivity contribution is 7.99. The molecule has 18 heavy (non-hydrogen) atoms. The minimum Gasteiger partial charge on any atom is -0.409 e. The molecular formula is C12H20N4OS. The van der Waals surface area contributed by atoms with Gasteiger partial charge in [-0.1, -0.05) is 32.9 Å². The van der Waals surface area contributed by atoms with E-state index in [1.54, 1.807) is 11.8 Å². The molecule has 6 heteroatoms. The predicted octanol–water partition coefficient (Wildman–Crippen LogP) is 2.20. The summed E-state index contributed by atoms with van der Waals surface area (Å²) in [6, 6.07) is 0. The molecule has 0 atom stereocenters. The summed E-state index contributed by atoms with van der Waals surface area (Å²) in [6.07, 6.45) is 1.57.